The van der Waals surface area contributed by atoms with Crippen molar-refractivity contribution in [1.82, 2.24) is 25.3 Å². The molecule has 1 unspecified atom stereocenters. The smallest absolute Gasteiger partial charge is 0.180 e. The summed E-state index contributed by atoms with van der Waals surface area (Å²) in [6.45, 7) is 4.98. The number of nitrogens with one attached hydrogen (secondary N) is 2. The van der Waals surface area contributed by atoms with Crippen molar-refractivity contribution >= 4 is 32.2 Å². The van der Waals surface area contributed by atoms with Crippen molar-refractivity contribution in [2.75, 3.05) is 38.0 Å². The van der Waals surface area contributed by atoms with Crippen LogP contribution in [0.5, 0.6) is 0 Å². The minimum Gasteiger partial charge on any atom is -0.377 e. The maximum atomic E-state index is 12.4. The van der Waals surface area contributed by atoms with Crippen molar-refractivity contribution in [2.24, 2.45) is 0 Å². The summed E-state index contributed by atoms with van der Waals surface area (Å²) in [6, 6.07) is 8.14. The standard InChI is InChI=1S/C22H30N6O2S/c1-5-17-13-30-9-8-28(17)21-11-16(14-31(3,4)29)25-22(27-21)19-7-6-18-20(26-19)10-15(24-18)12-23-2/h6-7,10-11,17,23-24H,3,5,8-9,12-14H2,1-2,4H3/t17-,31?/m0/s1. The topological polar surface area (TPSA) is 96.0 Å². The van der Waals surface area contributed by atoms with Crippen LogP contribution in [0.2, 0.25) is 0 Å². The Bertz CT molecular complexity index is 1170. The first kappa shape index (κ1) is 21.7. The van der Waals surface area contributed by atoms with Gasteiger partial charge in [0.2, 0.25) is 0 Å². The van der Waals surface area contributed by atoms with Crippen LogP contribution in [0.15, 0.2) is 24.3 Å². The van der Waals surface area contributed by atoms with E-state index in [1.54, 1.807) is 6.26 Å². The van der Waals surface area contributed by atoms with Crippen LogP contribution in [-0.2, 0) is 26.6 Å². The van der Waals surface area contributed by atoms with Gasteiger partial charge in [-0.3, -0.25) is 4.21 Å². The molecule has 4 heterocycles. The van der Waals surface area contributed by atoms with Crippen molar-refractivity contribution in [3.63, 3.8) is 0 Å². The number of morpholine rings is 1. The number of H-pyrrole nitrogens is 1. The number of pyridine rings is 1. The molecule has 1 fully saturated rings. The van der Waals surface area contributed by atoms with E-state index in [4.69, 9.17) is 19.7 Å². The first-order valence-electron chi connectivity index (χ1n) is 10.5. The number of aromatic nitrogens is 4. The number of ether oxygens (including phenoxy) is 1. The van der Waals surface area contributed by atoms with Gasteiger partial charge in [0.15, 0.2) is 5.82 Å². The quantitative estimate of drug-likeness (QED) is 0.542. The Balaban J connectivity index is 1.78. The van der Waals surface area contributed by atoms with Gasteiger partial charge in [-0.2, -0.15) is 0 Å². The molecule has 3 aromatic heterocycles. The van der Waals surface area contributed by atoms with Crippen LogP contribution in [0.3, 0.4) is 0 Å². The summed E-state index contributed by atoms with van der Waals surface area (Å²) in [5.41, 5.74) is 4.32. The maximum absolute atomic E-state index is 12.4. The van der Waals surface area contributed by atoms with E-state index in [1.807, 2.05) is 31.3 Å². The number of aromatic amines is 1. The molecule has 4 rings (SSSR count). The second kappa shape index (κ2) is 8.94. The van der Waals surface area contributed by atoms with Crippen molar-refractivity contribution in [3.05, 3.63) is 35.7 Å². The minimum absolute atomic E-state index is 0.249. The van der Waals surface area contributed by atoms with Gasteiger partial charge >= 0.3 is 0 Å². The summed E-state index contributed by atoms with van der Waals surface area (Å²) in [7, 11) is -0.335. The largest absolute Gasteiger partial charge is 0.377 e. The molecule has 31 heavy (non-hydrogen) atoms. The zero-order chi connectivity index (χ0) is 22.0. The van der Waals surface area contributed by atoms with Gasteiger partial charge in [-0.25, -0.2) is 15.0 Å². The van der Waals surface area contributed by atoms with Crippen LogP contribution in [0, 0.1) is 0 Å². The lowest BCUT2D eigenvalue weighted by Crippen LogP contribution is -2.45. The molecule has 8 nitrogen and oxygen atoms in total. The first-order valence-corrected chi connectivity index (χ1v) is 12.8. The van der Waals surface area contributed by atoms with Crippen molar-refractivity contribution in [3.8, 4) is 11.5 Å². The van der Waals surface area contributed by atoms with Gasteiger partial charge in [-0.15, -0.1) is 0 Å². The summed E-state index contributed by atoms with van der Waals surface area (Å²) in [6.07, 6.45) is 2.61. The molecule has 0 spiro atoms. The normalized spacial score (nSPS) is 18.9. The van der Waals surface area contributed by atoms with Crippen LogP contribution < -0.4 is 10.2 Å². The highest BCUT2D eigenvalue weighted by molar-refractivity contribution is 7.98. The van der Waals surface area contributed by atoms with Gasteiger partial charge in [-0.1, -0.05) is 6.92 Å². The summed E-state index contributed by atoms with van der Waals surface area (Å²) >= 11 is 0. The maximum Gasteiger partial charge on any atom is 0.180 e. The molecule has 2 N–H and O–H groups in total. The molecule has 2 atom stereocenters. The fourth-order valence-electron chi connectivity index (χ4n) is 3.90. The zero-order valence-electron chi connectivity index (χ0n) is 18.4. The molecule has 0 aliphatic carbocycles. The second-order valence-electron chi connectivity index (χ2n) is 8.15. The Morgan fingerprint density at radius 2 is 2.16 bits per heavy atom. The van der Waals surface area contributed by atoms with Crippen molar-refractivity contribution in [2.45, 2.75) is 31.7 Å². The molecule has 0 saturated carbocycles. The van der Waals surface area contributed by atoms with E-state index in [1.165, 1.54) is 0 Å². The molecule has 0 amide bonds. The lowest BCUT2D eigenvalue weighted by atomic mass is 10.1. The Morgan fingerprint density at radius 1 is 1.32 bits per heavy atom. The Morgan fingerprint density at radius 3 is 2.90 bits per heavy atom. The summed E-state index contributed by atoms with van der Waals surface area (Å²) in [5.74, 6) is 5.47. The molecule has 9 heteroatoms. The summed E-state index contributed by atoms with van der Waals surface area (Å²) in [5, 5.41) is 3.14. The number of rotatable bonds is 7. The third-order valence-corrected chi connectivity index (χ3v) is 6.25. The molecule has 1 aliphatic heterocycles. The molecular formula is C22H30N6O2S. The van der Waals surface area contributed by atoms with Crippen molar-refractivity contribution in [1.29, 1.82) is 0 Å². The summed E-state index contributed by atoms with van der Waals surface area (Å²) in [4.78, 5) is 20.0. The molecule has 0 bridgehead atoms. The highest BCUT2D eigenvalue weighted by atomic mass is 32.2. The fourth-order valence-corrected chi connectivity index (χ4v) is 4.67. The highest BCUT2D eigenvalue weighted by Crippen LogP contribution is 2.25. The van der Waals surface area contributed by atoms with Gasteiger partial charge in [-0.05, 0) is 47.1 Å². The number of hydrogen-bond acceptors (Lipinski definition) is 7. The van der Waals surface area contributed by atoms with Gasteiger partial charge in [0, 0.05) is 31.1 Å². The lowest BCUT2D eigenvalue weighted by molar-refractivity contribution is 0.0925. The number of anilines is 1. The average molecular weight is 443 g/mol. The van der Waals surface area contributed by atoms with E-state index < -0.39 is 9.52 Å². The van der Waals surface area contributed by atoms with Crippen molar-refractivity contribution < 1.29 is 8.95 Å². The molecule has 1 aliphatic rings. The number of hydrogen-bond donors (Lipinski definition) is 2. The Labute approximate surface area is 183 Å². The lowest BCUT2D eigenvalue weighted by Gasteiger charge is -2.36. The van der Waals surface area contributed by atoms with E-state index in [0.29, 0.717) is 30.5 Å². The third kappa shape index (κ3) is 5.06. The highest BCUT2D eigenvalue weighted by Gasteiger charge is 2.24. The van der Waals surface area contributed by atoms with Crippen LogP contribution in [0.1, 0.15) is 24.7 Å². The van der Waals surface area contributed by atoms with Crippen LogP contribution in [0.25, 0.3) is 22.6 Å². The summed E-state index contributed by atoms with van der Waals surface area (Å²) < 4.78 is 18.1. The number of nitrogens with zero attached hydrogens (tertiary/aromatic N) is 4. The Kier molecular flexibility index (Phi) is 6.27. The average Bonchev–Trinajstić information content (AvgIpc) is 3.14. The number of fused-ring (bicyclic) bond motifs is 1. The van der Waals surface area contributed by atoms with E-state index in [0.717, 1.165) is 47.7 Å². The molecule has 0 aromatic carbocycles. The van der Waals surface area contributed by atoms with Crippen LogP contribution in [0.4, 0.5) is 5.82 Å². The SMILES string of the molecule is C=S(C)(=O)Cc1cc(N2CCOC[C@@H]2CC)nc(-c2ccc3[nH]c(CNC)cc3n2)n1. The molecule has 166 valence electrons. The molecule has 1 saturated heterocycles. The van der Waals surface area contributed by atoms with Gasteiger partial charge in [0.05, 0.1) is 41.7 Å². The molecule has 3 aromatic rings. The van der Waals surface area contributed by atoms with E-state index in [2.05, 4.69) is 28.0 Å². The van der Waals surface area contributed by atoms with Gasteiger partial charge in [0.25, 0.3) is 0 Å². The van der Waals surface area contributed by atoms with E-state index >= 15 is 0 Å². The van der Waals surface area contributed by atoms with Crippen LogP contribution in [-0.4, -0.2) is 69.1 Å². The monoisotopic (exact) mass is 442 g/mol. The molecular weight excluding hydrogens is 412 g/mol. The van der Waals surface area contributed by atoms with E-state index in [9.17, 15) is 4.21 Å². The fraction of sp³-hybridized carbons (Fsp3) is 0.455. The molecule has 0 radical (unpaired) electrons. The predicted octanol–water partition coefficient (Wildman–Crippen LogP) is 2.20. The van der Waals surface area contributed by atoms with Gasteiger partial charge < -0.3 is 19.9 Å². The Hall–Kier alpha value is -2.49. The second-order valence-corrected chi connectivity index (χ2v) is 10.8. The van der Waals surface area contributed by atoms with Gasteiger partial charge in [0.1, 0.15) is 11.5 Å². The van der Waals surface area contributed by atoms with Crippen LogP contribution >= 0.6 is 0 Å². The first-order chi connectivity index (χ1) is 14.9. The third-order valence-electron chi connectivity index (χ3n) is 5.34. The predicted molar refractivity (Wildman–Crippen MR) is 127 cm³/mol. The van der Waals surface area contributed by atoms with E-state index in [-0.39, 0.29) is 6.04 Å². The minimum atomic E-state index is -2.25. The zero-order valence-corrected chi connectivity index (χ0v) is 19.2.